The van der Waals surface area contributed by atoms with E-state index in [1.54, 1.807) is 21.7 Å². The van der Waals surface area contributed by atoms with E-state index in [1.165, 1.54) is 11.3 Å². The minimum atomic E-state index is -3.40. The minimum absolute atomic E-state index is 0.240. The van der Waals surface area contributed by atoms with Crippen LogP contribution in [0.4, 0.5) is 0 Å². The Kier molecular flexibility index (Phi) is 4.65. The number of thiazole rings is 1. The fraction of sp³-hybridized carbons (Fsp3) is 0.500. The number of piperidine rings is 1. The zero-order valence-corrected chi connectivity index (χ0v) is 15.0. The largest absolute Gasteiger partial charge is 0.316 e. The summed E-state index contributed by atoms with van der Waals surface area (Å²) in [6.07, 6.45) is 1.92. The molecular formula is C14H19N3O2S3. The normalized spacial score (nSPS) is 20.4. The summed E-state index contributed by atoms with van der Waals surface area (Å²) in [5.41, 5.74) is 0.862. The van der Waals surface area contributed by atoms with E-state index in [2.05, 4.69) is 10.3 Å². The topological polar surface area (TPSA) is 62.3 Å². The fourth-order valence-electron chi connectivity index (χ4n) is 2.60. The average Bonchev–Trinajstić information content (AvgIpc) is 3.16. The Bertz CT molecular complexity index is 751. The number of nitrogens with one attached hydrogen (secondary N) is 1. The maximum absolute atomic E-state index is 12.8. The van der Waals surface area contributed by atoms with Crippen LogP contribution in [0.5, 0.6) is 0 Å². The molecule has 3 heterocycles. The van der Waals surface area contributed by atoms with Crippen LogP contribution in [0.1, 0.15) is 17.8 Å². The Labute approximate surface area is 139 Å². The molecule has 1 aliphatic heterocycles. The standard InChI is InChI=1S/C14H19N3O2S3/c1-10-16-12(9-20-10)13-5-6-14(21-13)22(18,19)17-7-3-4-11(8-17)15-2/h5-6,9,11,15H,3-4,7-8H2,1-2H3. The molecule has 0 aliphatic carbocycles. The molecule has 0 amide bonds. The Balaban J connectivity index is 1.85. The zero-order valence-electron chi connectivity index (χ0n) is 12.6. The monoisotopic (exact) mass is 357 g/mol. The van der Waals surface area contributed by atoms with Crippen molar-refractivity contribution in [3.05, 3.63) is 22.5 Å². The Morgan fingerprint density at radius 3 is 2.91 bits per heavy atom. The molecule has 5 nitrogen and oxygen atoms in total. The number of rotatable bonds is 4. The molecule has 0 aromatic carbocycles. The van der Waals surface area contributed by atoms with Crippen LogP contribution in [0.15, 0.2) is 21.7 Å². The second kappa shape index (κ2) is 6.37. The summed E-state index contributed by atoms with van der Waals surface area (Å²) in [5, 5.41) is 6.13. The van der Waals surface area contributed by atoms with Crippen molar-refractivity contribution in [2.75, 3.05) is 20.1 Å². The second-order valence-electron chi connectivity index (χ2n) is 5.36. The van der Waals surface area contributed by atoms with Gasteiger partial charge in [0.2, 0.25) is 0 Å². The van der Waals surface area contributed by atoms with Crippen LogP contribution in [0.25, 0.3) is 10.6 Å². The molecule has 1 fully saturated rings. The molecule has 0 radical (unpaired) electrons. The van der Waals surface area contributed by atoms with E-state index in [-0.39, 0.29) is 6.04 Å². The van der Waals surface area contributed by atoms with Crippen LogP contribution >= 0.6 is 22.7 Å². The van der Waals surface area contributed by atoms with Gasteiger partial charge in [0.05, 0.1) is 15.6 Å². The highest BCUT2D eigenvalue weighted by Gasteiger charge is 2.30. The van der Waals surface area contributed by atoms with Gasteiger partial charge in [-0.15, -0.1) is 22.7 Å². The van der Waals surface area contributed by atoms with Gasteiger partial charge in [-0.25, -0.2) is 13.4 Å². The summed E-state index contributed by atoms with van der Waals surface area (Å²) in [6.45, 7) is 3.09. The number of hydrogen-bond acceptors (Lipinski definition) is 6. The predicted octanol–water partition coefficient (Wildman–Crippen LogP) is 2.55. The zero-order chi connectivity index (χ0) is 15.7. The highest BCUT2D eigenvalue weighted by Crippen LogP contribution is 2.33. The Hall–Kier alpha value is -0.800. The molecule has 2 aromatic heterocycles. The van der Waals surface area contributed by atoms with Crippen molar-refractivity contribution in [3.8, 4) is 10.6 Å². The number of likely N-dealkylation sites (N-methyl/N-ethyl adjacent to an activating group) is 1. The number of sulfonamides is 1. The van der Waals surface area contributed by atoms with Crippen molar-refractivity contribution >= 4 is 32.7 Å². The molecule has 1 unspecified atom stereocenters. The maximum atomic E-state index is 12.8. The van der Waals surface area contributed by atoms with Gasteiger partial charge in [0.25, 0.3) is 10.0 Å². The van der Waals surface area contributed by atoms with Gasteiger partial charge in [-0.05, 0) is 38.9 Å². The van der Waals surface area contributed by atoms with Gasteiger partial charge in [-0.2, -0.15) is 4.31 Å². The first-order valence-electron chi connectivity index (χ1n) is 7.20. The van der Waals surface area contributed by atoms with Crippen LogP contribution < -0.4 is 5.32 Å². The molecule has 120 valence electrons. The third-order valence-corrected chi connectivity index (χ3v) is 8.05. The van der Waals surface area contributed by atoms with Crippen LogP contribution in [0, 0.1) is 6.92 Å². The first-order valence-corrected chi connectivity index (χ1v) is 10.3. The van der Waals surface area contributed by atoms with Crippen molar-refractivity contribution in [1.29, 1.82) is 0 Å². The quantitative estimate of drug-likeness (QED) is 0.913. The van der Waals surface area contributed by atoms with E-state index >= 15 is 0 Å². The summed E-state index contributed by atoms with van der Waals surface area (Å²) >= 11 is 2.88. The van der Waals surface area contributed by atoms with Gasteiger partial charge in [-0.3, -0.25) is 0 Å². The smallest absolute Gasteiger partial charge is 0.252 e. The number of hydrogen-bond donors (Lipinski definition) is 1. The summed E-state index contributed by atoms with van der Waals surface area (Å²) in [5.74, 6) is 0. The molecule has 1 N–H and O–H groups in total. The van der Waals surface area contributed by atoms with Gasteiger partial charge in [0, 0.05) is 24.5 Å². The van der Waals surface area contributed by atoms with Gasteiger partial charge in [0.15, 0.2) is 0 Å². The van der Waals surface area contributed by atoms with Crippen LogP contribution in [0.2, 0.25) is 0 Å². The molecule has 0 spiro atoms. The Morgan fingerprint density at radius 1 is 1.41 bits per heavy atom. The van der Waals surface area contributed by atoms with Gasteiger partial charge < -0.3 is 5.32 Å². The van der Waals surface area contributed by atoms with Gasteiger partial charge in [0.1, 0.15) is 4.21 Å². The SMILES string of the molecule is CNC1CCCN(S(=O)(=O)c2ccc(-c3csc(C)n3)s2)C1. The molecular weight excluding hydrogens is 338 g/mol. The van der Waals surface area contributed by atoms with E-state index in [0.29, 0.717) is 17.3 Å². The third-order valence-electron chi connectivity index (χ3n) is 3.84. The Morgan fingerprint density at radius 2 is 2.23 bits per heavy atom. The minimum Gasteiger partial charge on any atom is -0.316 e. The highest BCUT2D eigenvalue weighted by molar-refractivity contribution is 7.91. The second-order valence-corrected chi connectivity index (χ2v) is 9.67. The average molecular weight is 358 g/mol. The van der Waals surface area contributed by atoms with E-state index in [1.807, 2.05) is 25.4 Å². The molecule has 1 atom stereocenters. The number of aryl methyl sites for hydroxylation is 1. The van der Waals surface area contributed by atoms with E-state index < -0.39 is 10.0 Å². The lowest BCUT2D eigenvalue weighted by Crippen LogP contribution is -2.46. The van der Waals surface area contributed by atoms with Crippen molar-refractivity contribution < 1.29 is 8.42 Å². The van der Waals surface area contributed by atoms with Gasteiger partial charge in [-0.1, -0.05) is 0 Å². The van der Waals surface area contributed by atoms with Crippen LogP contribution in [0.3, 0.4) is 0 Å². The number of thiophene rings is 1. The van der Waals surface area contributed by atoms with Crippen molar-refractivity contribution in [2.24, 2.45) is 0 Å². The molecule has 0 bridgehead atoms. The van der Waals surface area contributed by atoms with E-state index in [0.717, 1.165) is 28.4 Å². The summed E-state index contributed by atoms with van der Waals surface area (Å²) in [6, 6.07) is 3.79. The lowest BCUT2D eigenvalue weighted by Gasteiger charge is -2.31. The summed E-state index contributed by atoms with van der Waals surface area (Å²) < 4.78 is 27.6. The van der Waals surface area contributed by atoms with Crippen molar-refractivity contribution in [1.82, 2.24) is 14.6 Å². The molecule has 1 aliphatic rings. The summed E-state index contributed by atoms with van der Waals surface area (Å²) in [4.78, 5) is 5.33. The van der Waals surface area contributed by atoms with E-state index in [4.69, 9.17) is 0 Å². The number of nitrogens with zero attached hydrogens (tertiary/aromatic N) is 2. The van der Waals surface area contributed by atoms with Crippen molar-refractivity contribution in [2.45, 2.75) is 30.0 Å². The maximum Gasteiger partial charge on any atom is 0.252 e. The lowest BCUT2D eigenvalue weighted by molar-refractivity contribution is 0.293. The first kappa shape index (κ1) is 16.1. The van der Waals surface area contributed by atoms with Crippen LogP contribution in [-0.2, 0) is 10.0 Å². The first-order chi connectivity index (χ1) is 10.5. The molecule has 8 heteroatoms. The van der Waals surface area contributed by atoms with E-state index in [9.17, 15) is 8.42 Å². The van der Waals surface area contributed by atoms with Crippen LogP contribution in [-0.4, -0.2) is 43.9 Å². The molecule has 1 saturated heterocycles. The third kappa shape index (κ3) is 3.11. The lowest BCUT2D eigenvalue weighted by atomic mass is 10.1. The molecule has 22 heavy (non-hydrogen) atoms. The molecule has 3 rings (SSSR count). The highest BCUT2D eigenvalue weighted by atomic mass is 32.2. The predicted molar refractivity (Wildman–Crippen MR) is 91.0 cm³/mol. The fourth-order valence-corrected chi connectivity index (χ4v) is 6.23. The van der Waals surface area contributed by atoms with Gasteiger partial charge >= 0.3 is 0 Å². The molecule has 0 saturated carbocycles. The molecule has 2 aromatic rings. The summed E-state index contributed by atoms with van der Waals surface area (Å²) in [7, 11) is -1.51. The number of aromatic nitrogens is 1. The van der Waals surface area contributed by atoms with Crippen molar-refractivity contribution in [3.63, 3.8) is 0 Å².